The lowest BCUT2D eigenvalue weighted by atomic mass is 10.1. The maximum absolute atomic E-state index is 13.5. The Labute approximate surface area is 208 Å². The summed E-state index contributed by atoms with van der Waals surface area (Å²) < 4.78 is 10.8. The molecule has 194 valence electrons. The number of urea groups is 1. The zero-order valence-electron chi connectivity index (χ0n) is 20.2. The SMILES string of the molecule is CCCCOC1OC(=O)C[C@@H]1NC(=O)[C@@H]1CCCN2C(=O)CCN(NC(=O)c3ccccc3)C(=O)N12. The molecule has 3 atom stereocenters. The van der Waals surface area contributed by atoms with Crippen LogP contribution >= 0.6 is 0 Å². The highest BCUT2D eigenvalue weighted by Gasteiger charge is 2.46. The first-order chi connectivity index (χ1) is 17.4. The highest BCUT2D eigenvalue weighted by molar-refractivity contribution is 5.96. The minimum atomic E-state index is -1.00. The Morgan fingerprint density at radius 2 is 1.92 bits per heavy atom. The fourth-order valence-electron chi connectivity index (χ4n) is 4.42. The summed E-state index contributed by atoms with van der Waals surface area (Å²) in [6.45, 7) is 2.63. The van der Waals surface area contributed by atoms with Crippen LogP contribution in [0.25, 0.3) is 0 Å². The molecule has 0 saturated carbocycles. The largest absolute Gasteiger partial charge is 0.433 e. The normalized spacial score (nSPS) is 24.2. The molecule has 12 heteroatoms. The highest BCUT2D eigenvalue weighted by Crippen LogP contribution is 2.25. The summed E-state index contributed by atoms with van der Waals surface area (Å²) in [4.78, 5) is 64.2. The predicted molar refractivity (Wildman–Crippen MR) is 124 cm³/mol. The van der Waals surface area contributed by atoms with Gasteiger partial charge in [0.05, 0.1) is 19.6 Å². The second kappa shape index (κ2) is 11.4. The first kappa shape index (κ1) is 25.4. The first-order valence-corrected chi connectivity index (χ1v) is 12.3. The Balaban J connectivity index is 1.49. The van der Waals surface area contributed by atoms with E-state index in [1.807, 2.05) is 6.92 Å². The molecule has 3 aliphatic rings. The molecule has 5 amide bonds. The van der Waals surface area contributed by atoms with E-state index in [2.05, 4.69) is 10.7 Å². The van der Waals surface area contributed by atoms with E-state index in [0.717, 1.165) is 22.9 Å². The molecule has 4 rings (SSSR count). The van der Waals surface area contributed by atoms with Crippen LogP contribution in [0.3, 0.4) is 0 Å². The molecule has 0 bridgehead atoms. The average molecular weight is 502 g/mol. The van der Waals surface area contributed by atoms with Crippen LogP contribution < -0.4 is 10.7 Å². The van der Waals surface area contributed by atoms with Crippen molar-refractivity contribution in [2.45, 2.75) is 63.8 Å². The lowest BCUT2D eigenvalue weighted by Gasteiger charge is -2.43. The van der Waals surface area contributed by atoms with Gasteiger partial charge < -0.3 is 14.8 Å². The average Bonchev–Trinajstić information content (AvgIpc) is 3.18. The zero-order valence-corrected chi connectivity index (χ0v) is 20.2. The standard InChI is InChI=1S/C24H31N5O7/c1-2-3-14-35-23-17(15-20(31)36-23)25-22(33)18-10-7-12-28-19(30)11-13-27(24(34)29(18)28)26-21(32)16-8-5-4-6-9-16/h4-6,8-9,17-18,23H,2-3,7,10-15H2,1H3,(H,25,33)(H,26,32)/t17-,18-,23?/m0/s1. The molecular weight excluding hydrogens is 470 g/mol. The fraction of sp³-hybridized carbons (Fsp3) is 0.542. The summed E-state index contributed by atoms with van der Waals surface area (Å²) >= 11 is 0. The number of unbranched alkanes of at least 4 members (excludes halogenated alkanes) is 1. The topological polar surface area (TPSA) is 138 Å². The predicted octanol–water partition coefficient (Wildman–Crippen LogP) is 0.940. The van der Waals surface area contributed by atoms with Gasteiger partial charge in [0, 0.05) is 18.5 Å². The molecule has 12 nitrogen and oxygen atoms in total. The maximum atomic E-state index is 13.5. The van der Waals surface area contributed by atoms with Crippen molar-refractivity contribution in [3.05, 3.63) is 35.9 Å². The lowest BCUT2D eigenvalue weighted by molar-refractivity contribution is -0.167. The second-order valence-electron chi connectivity index (χ2n) is 8.91. The van der Waals surface area contributed by atoms with Gasteiger partial charge in [-0.1, -0.05) is 31.5 Å². The van der Waals surface area contributed by atoms with Crippen LogP contribution in [-0.2, 0) is 23.9 Å². The van der Waals surface area contributed by atoms with Crippen molar-refractivity contribution in [1.29, 1.82) is 0 Å². The van der Waals surface area contributed by atoms with Crippen LogP contribution in [0.5, 0.6) is 0 Å². The number of ether oxygens (including phenoxy) is 2. The molecule has 3 heterocycles. The number of nitrogens with zero attached hydrogens (tertiary/aromatic N) is 3. The summed E-state index contributed by atoms with van der Waals surface area (Å²) in [5.41, 5.74) is 2.91. The number of benzene rings is 1. The van der Waals surface area contributed by atoms with Crippen molar-refractivity contribution in [1.82, 2.24) is 25.8 Å². The Morgan fingerprint density at radius 3 is 2.67 bits per heavy atom. The smallest absolute Gasteiger partial charge is 0.358 e. The van der Waals surface area contributed by atoms with Crippen molar-refractivity contribution in [2.24, 2.45) is 0 Å². The Kier molecular flexibility index (Phi) is 8.04. The van der Waals surface area contributed by atoms with Crippen LogP contribution in [0.15, 0.2) is 30.3 Å². The van der Waals surface area contributed by atoms with E-state index in [9.17, 15) is 24.0 Å². The molecule has 36 heavy (non-hydrogen) atoms. The van der Waals surface area contributed by atoms with Crippen molar-refractivity contribution >= 4 is 29.7 Å². The minimum absolute atomic E-state index is 0.00996. The lowest BCUT2D eigenvalue weighted by Crippen LogP contribution is -2.65. The van der Waals surface area contributed by atoms with E-state index in [-0.39, 0.29) is 31.8 Å². The molecule has 1 unspecified atom stereocenters. The van der Waals surface area contributed by atoms with Crippen molar-refractivity contribution in [3.63, 3.8) is 0 Å². The Morgan fingerprint density at radius 1 is 1.14 bits per heavy atom. The summed E-state index contributed by atoms with van der Waals surface area (Å²) in [5, 5.41) is 6.24. The molecule has 1 aromatic rings. The molecule has 1 aromatic carbocycles. The number of hydrogen-bond donors (Lipinski definition) is 2. The third-order valence-electron chi connectivity index (χ3n) is 6.31. The van der Waals surface area contributed by atoms with E-state index in [0.29, 0.717) is 25.0 Å². The number of hydrazine groups is 2. The monoisotopic (exact) mass is 501 g/mol. The summed E-state index contributed by atoms with van der Waals surface area (Å²) in [6, 6.07) is 5.99. The molecule has 3 fully saturated rings. The van der Waals surface area contributed by atoms with E-state index < -0.39 is 42.2 Å². The molecule has 3 saturated heterocycles. The minimum Gasteiger partial charge on any atom is -0.433 e. The van der Waals surface area contributed by atoms with Crippen LogP contribution in [0.2, 0.25) is 0 Å². The first-order valence-electron chi connectivity index (χ1n) is 12.3. The van der Waals surface area contributed by atoms with Crippen molar-refractivity contribution in [3.8, 4) is 0 Å². The molecule has 0 radical (unpaired) electrons. The molecule has 0 spiro atoms. The van der Waals surface area contributed by atoms with E-state index >= 15 is 0 Å². The van der Waals surface area contributed by atoms with Gasteiger partial charge in [-0.15, -0.1) is 0 Å². The Bertz CT molecular complexity index is 1000. The maximum Gasteiger partial charge on any atom is 0.358 e. The van der Waals surface area contributed by atoms with Crippen LogP contribution in [-0.4, -0.2) is 82.8 Å². The number of cyclic esters (lactones) is 1. The van der Waals surface area contributed by atoms with Gasteiger partial charge in [-0.3, -0.25) is 24.6 Å². The molecule has 3 aliphatic heterocycles. The van der Waals surface area contributed by atoms with Crippen LogP contribution in [0.4, 0.5) is 4.79 Å². The third-order valence-corrected chi connectivity index (χ3v) is 6.31. The van der Waals surface area contributed by atoms with Gasteiger partial charge >= 0.3 is 12.0 Å². The van der Waals surface area contributed by atoms with Gasteiger partial charge in [0.2, 0.25) is 18.1 Å². The van der Waals surface area contributed by atoms with E-state index in [4.69, 9.17) is 9.47 Å². The number of amides is 5. The van der Waals surface area contributed by atoms with Crippen molar-refractivity contribution in [2.75, 3.05) is 19.7 Å². The number of carbonyl (C=O) groups is 5. The zero-order chi connectivity index (χ0) is 25.7. The molecular formula is C24H31N5O7. The molecule has 0 aromatic heterocycles. The van der Waals surface area contributed by atoms with Gasteiger partial charge in [-0.2, -0.15) is 0 Å². The summed E-state index contributed by atoms with van der Waals surface area (Å²) in [5.74, 6) is -1.83. The summed E-state index contributed by atoms with van der Waals surface area (Å²) in [6.07, 6.45) is 1.54. The molecule has 2 N–H and O–H groups in total. The summed E-state index contributed by atoms with van der Waals surface area (Å²) in [7, 11) is 0. The van der Waals surface area contributed by atoms with Crippen molar-refractivity contribution < 1.29 is 33.4 Å². The Hall–Kier alpha value is -3.67. The van der Waals surface area contributed by atoms with Gasteiger partial charge in [-0.25, -0.2) is 19.8 Å². The van der Waals surface area contributed by atoms with Crippen LogP contribution in [0.1, 0.15) is 55.8 Å². The number of hydrogen-bond acceptors (Lipinski definition) is 7. The second-order valence-corrected chi connectivity index (χ2v) is 8.91. The van der Waals surface area contributed by atoms with Gasteiger partial charge in [0.15, 0.2) is 0 Å². The number of esters is 1. The number of rotatable bonds is 8. The highest BCUT2D eigenvalue weighted by atomic mass is 16.7. The van der Waals surface area contributed by atoms with Gasteiger partial charge in [0.1, 0.15) is 12.1 Å². The third kappa shape index (κ3) is 5.59. The molecule has 0 aliphatic carbocycles. The fourth-order valence-corrected chi connectivity index (χ4v) is 4.42. The van der Waals surface area contributed by atoms with Gasteiger partial charge in [0.25, 0.3) is 5.91 Å². The number of nitrogens with one attached hydrogen (secondary N) is 2. The van der Waals surface area contributed by atoms with E-state index in [1.54, 1.807) is 30.3 Å². The quantitative estimate of drug-likeness (QED) is 0.399. The van der Waals surface area contributed by atoms with Gasteiger partial charge in [-0.05, 0) is 31.4 Å². The number of carbonyl (C=O) groups excluding carboxylic acids is 5. The van der Waals surface area contributed by atoms with E-state index in [1.165, 1.54) is 5.01 Å². The number of fused-ring (bicyclic) bond motifs is 1. The van der Waals surface area contributed by atoms with Crippen LogP contribution in [0, 0.1) is 0 Å².